The molecule has 0 bridgehead atoms. The molecule has 2 atom stereocenters. The lowest BCUT2D eigenvalue weighted by atomic mass is 10.0. The van der Waals surface area contributed by atoms with Crippen LogP contribution in [0.2, 0.25) is 0 Å². The van der Waals surface area contributed by atoms with Crippen LogP contribution in [0.4, 0.5) is 0 Å². The van der Waals surface area contributed by atoms with Crippen molar-refractivity contribution in [2.24, 2.45) is 0 Å². The van der Waals surface area contributed by atoms with E-state index in [0.717, 1.165) is 4.90 Å². The average Bonchev–Trinajstić information content (AvgIpc) is 3.10. The van der Waals surface area contributed by atoms with E-state index >= 15 is 0 Å². The number of rotatable bonds is 24. The van der Waals surface area contributed by atoms with Gasteiger partial charge in [-0.15, -0.1) is 0 Å². The van der Waals surface area contributed by atoms with Gasteiger partial charge in [-0.1, -0.05) is 84.8 Å². The van der Waals surface area contributed by atoms with Crippen molar-refractivity contribution < 1.29 is 53.7 Å². The molecular weight excluding hydrogens is 743 g/mol. The Balaban J connectivity index is 1.83. The highest BCUT2D eigenvalue weighted by atomic mass is 33.1. The van der Waals surface area contributed by atoms with E-state index in [-0.39, 0.29) is 60.7 Å². The van der Waals surface area contributed by atoms with Gasteiger partial charge in [0.2, 0.25) is 17.7 Å². The maximum atomic E-state index is 13.1. The lowest BCUT2D eigenvalue weighted by Gasteiger charge is -2.25. The van der Waals surface area contributed by atoms with Crippen molar-refractivity contribution in [1.29, 1.82) is 0 Å². The molecule has 0 fully saturated rings. The molecule has 0 saturated carbocycles. The Labute approximate surface area is 321 Å². The van der Waals surface area contributed by atoms with Gasteiger partial charge in [-0.25, -0.2) is 0 Å². The number of carboxylic acids is 3. The van der Waals surface area contributed by atoms with E-state index in [4.69, 9.17) is 10.2 Å². The molecule has 0 saturated heterocycles. The summed E-state index contributed by atoms with van der Waals surface area (Å²) >= 11 is 0. The first-order valence-electron chi connectivity index (χ1n) is 17.0. The summed E-state index contributed by atoms with van der Waals surface area (Å²) in [6, 6.07) is 12.5. The van der Waals surface area contributed by atoms with Gasteiger partial charge in [-0.3, -0.25) is 43.3 Å². The number of hydrogen-bond acceptors (Lipinski definition) is 11. The number of benzene rings is 2. The summed E-state index contributed by atoms with van der Waals surface area (Å²) in [5.41, 5.74) is 1.21. The van der Waals surface area contributed by atoms with E-state index in [1.807, 2.05) is 20.8 Å². The van der Waals surface area contributed by atoms with Crippen LogP contribution in [0.3, 0.4) is 0 Å². The van der Waals surface area contributed by atoms with E-state index in [0.29, 0.717) is 17.5 Å². The molecule has 0 aliphatic rings. The number of nitrogens with one attached hydrogen (secondary N) is 4. The highest BCUT2D eigenvalue weighted by molar-refractivity contribution is 8.77. The van der Waals surface area contributed by atoms with Crippen molar-refractivity contribution in [3.05, 3.63) is 71.3 Å². The third kappa shape index (κ3) is 17.7. The van der Waals surface area contributed by atoms with Gasteiger partial charge >= 0.3 is 17.9 Å². The Bertz CT molecular complexity index is 1600. The number of nitrogens with zero attached hydrogens (tertiary/aromatic N) is 1. The first-order valence-corrected chi connectivity index (χ1v) is 19.3. The molecule has 2 rings (SSSR count). The van der Waals surface area contributed by atoms with Crippen LogP contribution in [-0.4, -0.2) is 116 Å². The zero-order chi connectivity index (χ0) is 40.3. The van der Waals surface area contributed by atoms with Crippen molar-refractivity contribution in [2.45, 2.75) is 69.7 Å². The topological polar surface area (TPSA) is 249 Å². The van der Waals surface area contributed by atoms with Crippen molar-refractivity contribution >= 4 is 68.9 Å². The van der Waals surface area contributed by atoms with Crippen LogP contribution in [0.1, 0.15) is 79.2 Å². The Morgan fingerprint density at radius 3 is 1.87 bits per heavy atom. The molecule has 0 spiro atoms. The molecule has 2 aromatic carbocycles. The standard InChI is InChI=1S/C36H47N5O11S2/c1-36(2,3)54-53-21-26(34(50)39-22-38-33(49)25-14-12-24(13-15-25)32(48)23-9-5-4-6-10-23)40-29(43)17-16-28(42)37-18-8-7-11-27(35(51)52)41(19-30(44)45)20-31(46)47/h4-6,9-10,12-15,26-27H,7-8,11,16-22H2,1-3H3,(H,37,42)(H,38,49)(H,39,50)(H,40,43)(H,44,45)(H,46,47)(H,51,52). The molecule has 0 radical (unpaired) electrons. The van der Waals surface area contributed by atoms with Gasteiger partial charge in [0.25, 0.3) is 5.91 Å². The maximum absolute atomic E-state index is 13.1. The third-order valence-corrected chi connectivity index (χ3v) is 10.7. The van der Waals surface area contributed by atoms with Crippen LogP contribution in [0, 0.1) is 0 Å². The van der Waals surface area contributed by atoms with Crippen LogP contribution in [0.5, 0.6) is 0 Å². The van der Waals surface area contributed by atoms with Crippen LogP contribution in [0.15, 0.2) is 54.6 Å². The number of unbranched alkanes of at least 4 members (excludes halogenated alkanes) is 1. The van der Waals surface area contributed by atoms with E-state index < -0.39 is 66.7 Å². The second-order valence-corrected chi connectivity index (χ2v) is 16.2. The zero-order valence-electron chi connectivity index (χ0n) is 30.3. The Morgan fingerprint density at radius 1 is 0.722 bits per heavy atom. The van der Waals surface area contributed by atoms with Crippen molar-refractivity contribution in [1.82, 2.24) is 26.2 Å². The quantitative estimate of drug-likeness (QED) is 0.0349. The number of carbonyl (C=O) groups is 8. The fourth-order valence-corrected chi connectivity index (χ4v) is 7.25. The van der Waals surface area contributed by atoms with E-state index in [2.05, 4.69) is 21.3 Å². The van der Waals surface area contributed by atoms with Gasteiger partial charge in [0.05, 0.1) is 19.8 Å². The summed E-state index contributed by atoms with van der Waals surface area (Å²) in [6.07, 6.45) is 0.0931. The summed E-state index contributed by atoms with van der Waals surface area (Å²) in [5.74, 6) is -6.13. The Hall–Kier alpha value is -4.94. The number of carboxylic acid groups (broad SMARTS) is 3. The lowest BCUT2D eigenvalue weighted by Crippen LogP contribution is -2.50. The molecule has 0 heterocycles. The van der Waals surface area contributed by atoms with E-state index in [1.165, 1.54) is 33.7 Å². The van der Waals surface area contributed by atoms with Crippen molar-refractivity contribution in [3.8, 4) is 0 Å². The Morgan fingerprint density at radius 2 is 1.30 bits per heavy atom. The van der Waals surface area contributed by atoms with Crippen LogP contribution < -0.4 is 21.3 Å². The van der Waals surface area contributed by atoms with Gasteiger partial charge in [0.1, 0.15) is 12.1 Å². The van der Waals surface area contributed by atoms with Gasteiger partial charge in [0.15, 0.2) is 5.78 Å². The summed E-state index contributed by atoms with van der Waals surface area (Å²) in [5, 5.41) is 38.0. The summed E-state index contributed by atoms with van der Waals surface area (Å²) in [4.78, 5) is 98.2. The smallest absolute Gasteiger partial charge is 0.320 e. The number of aliphatic carboxylic acids is 3. The summed E-state index contributed by atoms with van der Waals surface area (Å²) in [6.45, 7) is 4.37. The highest BCUT2D eigenvalue weighted by Gasteiger charge is 2.29. The number of amides is 4. The van der Waals surface area contributed by atoms with Gasteiger partial charge < -0.3 is 36.6 Å². The number of carbonyl (C=O) groups excluding carboxylic acids is 5. The minimum absolute atomic E-state index is 0.0444. The molecular formula is C36H47N5O11S2. The molecule has 0 aromatic heterocycles. The van der Waals surface area contributed by atoms with Gasteiger partial charge in [-0.2, -0.15) is 0 Å². The average molecular weight is 790 g/mol. The molecule has 294 valence electrons. The molecule has 2 unspecified atom stereocenters. The monoisotopic (exact) mass is 789 g/mol. The van der Waals surface area contributed by atoms with Crippen LogP contribution in [-0.2, 0) is 28.8 Å². The molecule has 0 aliphatic carbocycles. The third-order valence-electron chi connectivity index (χ3n) is 7.36. The first-order chi connectivity index (χ1) is 25.5. The molecule has 2 aromatic rings. The second-order valence-electron chi connectivity index (χ2n) is 13.0. The van der Waals surface area contributed by atoms with Crippen LogP contribution >= 0.6 is 21.6 Å². The Kier molecular flexibility index (Phi) is 19.2. The molecule has 0 aliphatic heterocycles. The minimum Gasteiger partial charge on any atom is -0.480 e. The number of hydrogen-bond donors (Lipinski definition) is 7. The fourth-order valence-electron chi connectivity index (χ4n) is 4.79. The largest absolute Gasteiger partial charge is 0.480 e. The SMILES string of the molecule is CC(C)(C)SSCC(NC(=O)CCC(=O)NCCCCC(C(=O)O)N(CC(=O)O)CC(=O)O)C(=O)NCNC(=O)c1ccc(C(=O)c2ccccc2)cc1. The molecule has 4 amide bonds. The minimum atomic E-state index is -1.37. The lowest BCUT2D eigenvalue weighted by molar-refractivity contribution is -0.149. The first kappa shape index (κ1) is 45.2. The predicted molar refractivity (Wildman–Crippen MR) is 203 cm³/mol. The molecule has 18 heteroatoms. The molecule has 7 N–H and O–H groups in total. The molecule has 16 nitrogen and oxygen atoms in total. The fraction of sp³-hybridized carbons (Fsp3) is 0.444. The maximum Gasteiger partial charge on any atom is 0.320 e. The zero-order valence-corrected chi connectivity index (χ0v) is 31.9. The molecule has 54 heavy (non-hydrogen) atoms. The van der Waals surface area contributed by atoms with Crippen molar-refractivity contribution in [3.63, 3.8) is 0 Å². The normalized spacial score (nSPS) is 12.2. The van der Waals surface area contributed by atoms with Crippen LogP contribution in [0.25, 0.3) is 0 Å². The van der Waals surface area contributed by atoms with Gasteiger partial charge in [0, 0.05) is 46.6 Å². The second kappa shape index (κ2) is 23.0. The van der Waals surface area contributed by atoms with Gasteiger partial charge in [-0.05, 0) is 31.4 Å². The van der Waals surface area contributed by atoms with E-state index in [9.17, 15) is 43.5 Å². The predicted octanol–water partition coefficient (Wildman–Crippen LogP) is 2.38. The highest BCUT2D eigenvalue weighted by Crippen LogP contribution is 2.35. The van der Waals surface area contributed by atoms with Crippen molar-refractivity contribution in [2.75, 3.05) is 32.1 Å². The summed E-state index contributed by atoms with van der Waals surface area (Å²) < 4.78 is -0.131. The van der Waals surface area contributed by atoms with E-state index in [1.54, 1.807) is 42.5 Å². The number of ketones is 1. The summed E-state index contributed by atoms with van der Waals surface area (Å²) in [7, 11) is 2.89.